The molecule has 0 amide bonds. The quantitative estimate of drug-likeness (QED) is 0.657. The maximum Gasteiger partial charge on any atom is 0.216 e. The number of aryl methyl sites for hydroxylation is 1. The van der Waals surface area contributed by atoms with Crippen LogP contribution in [0.5, 0.6) is 5.88 Å². The molecule has 1 N–H and O–H groups in total. The highest BCUT2D eigenvalue weighted by atomic mass is 19.1. The van der Waals surface area contributed by atoms with E-state index >= 15 is 4.39 Å². The van der Waals surface area contributed by atoms with E-state index < -0.39 is 5.67 Å². The van der Waals surface area contributed by atoms with Crippen molar-refractivity contribution in [3.63, 3.8) is 0 Å². The molecule has 3 aromatic heterocycles. The lowest BCUT2D eigenvalue weighted by Crippen LogP contribution is -2.41. The Balaban J connectivity index is 1.51. The summed E-state index contributed by atoms with van der Waals surface area (Å²) in [4.78, 5) is 4.43. The van der Waals surface area contributed by atoms with Crippen LogP contribution in [0.3, 0.4) is 0 Å². The van der Waals surface area contributed by atoms with Gasteiger partial charge >= 0.3 is 0 Å². The van der Waals surface area contributed by atoms with Gasteiger partial charge in [-0.2, -0.15) is 10.2 Å². The van der Waals surface area contributed by atoms with E-state index in [1.54, 1.807) is 24.2 Å². The zero-order valence-electron chi connectivity index (χ0n) is 18.6. The Morgan fingerprint density at radius 3 is 2.81 bits per heavy atom. The van der Waals surface area contributed by atoms with Crippen molar-refractivity contribution >= 4 is 0 Å². The van der Waals surface area contributed by atoms with Gasteiger partial charge in [-0.3, -0.25) is 4.68 Å². The Kier molecular flexibility index (Phi) is 5.69. The molecule has 5 heterocycles. The van der Waals surface area contributed by atoms with Gasteiger partial charge in [0.15, 0.2) is 0 Å². The SMILES string of the molecule is COc1ncc(-n2nc(-c3cnn(CC4(F)CCNCC4)c3)c3c2CCOCC3)cc1C. The van der Waals surface area contributed by atoms with E-state index in [2.05, 4.69) is 15.4 Å². The van der Waals surface area contributed by atoms with Gasteiger partial charge in [-0.15, -0.1) is 0 Å². The second kappa shape index (κ2) is 8.63. The van der Waals surface area contributed by atoms with Crippen LogP contribution < -0.4 is 10.1 Å². The number of methoxy groups -OCH3 is 1. The molecule has 0 unspecified atom stereocenters. The summed E-state index contributed by atoms with van der Waals surface area (Å²) in [5.74, 6) is 0.606. The highest BCUT2D eigenvalue weighted by Crippen LogP contribution is 2.31. The summed E-state index contributed by atoms with van der Waals surface area (Å²) in [6.07, 6.45) is 8.04. The Bertz CT molecular complexity index is 1100. The van der Waals surface area contributed by atoms with Crippen LogP contribution in [0, 0.1) is 6.92 Å². The first-order valence-corrected chi connectivity index (χ1v) is 11.2. The standard InChI is InChI=1S/C23H29FN6O2/c1-16-11-18(13-26-22(16)31-2)30-20-4-10-32-9-3-19(20)21(28-30)17-12-27-29(14-17)15-23(24)5-7-25-8-6-23/h11-14,25H,3-10,15H2,1-2H3. The summed E-state index contributed by atoms with van der Waals surface area (Å²) in [6, 6.07) is 2.03. The van der Waals surface area contributed by atoms with E-state index in [4.69, 9.17) is 14.6 Å². The number of nitrogens with one attached hydrogen (secondary N) is 1. The van der Waals surface area contributed by atoms with Crippen LogP contribution in [-0.2, 0) is 24.1 Å². The average molecular weight is 441 g/mol. The van der Waals surface area contributed by atoms with Crippen molar-refractivity contribution in [2.24, 2.45) is 0 Å². The highest BCUT2D eigenvalue weighted by Gasteiger charge is 2.32. The summed E-state index contributed by atoms with van der Waals surface area (Å²) >= 11 is 0. The molecule has 0 spiro atoms. The van der Waals surface area contributed by atoms with Crippen LogP contribution in [0.4, 0.5) is 4.39 Å². The Morgan fingerprint density at radius 2 is 2.03 bits per heavy atom. The molecule has 8 nitrogen and oxygen atoms in total. The predicted molar refractivity (Wildman–Crippen MR) is 118 cm³/mol. The molecule has 5 rings (SSSR count). The molecule has 0 aliphatic carbocycles. The topological polar surface area (TPSA) is 79.0 Å². The molecule has 2 aliphatic heterocycles. The third kappa shape index (κ3) is 4.02. The number of alkyl halides is 1. The van der Waals surface area contributed by atoms with Crippen molar-refractivity contribution in [1.29, 1.82) is 0 Å². The molecular formula is C23H29FN6O2. The molecule has 1 fully saturated rings. The first-order chi connectivity index (χ1) is 15.6. The fourth-order valence-electron chi connectivity index (χ4n) is 4.67. The van der Waals surface area contributed by atoms with E-state index in [9.17, 15) is 0 Å². The van der Waals surface area contributed by atoms with E-state index in [0.29, 0.717) is 45.0 Å². The number of aromatic nitrogens is 5. The average Bonchev–Trinajstić information content (AvgIpc) is 3.30. The Morgan fingerprint density at radius 1 is 1.22 bits per heavy atom. The number of hydrogen-bond acceptors (Lipinski definition) is 6. The van der Waals surface area contributed by atoms with Crippen molar-refractivity contribution in [3.8, 4) is 22.8 Å². The largest absolute Gasteiger partial charge is 0.481 e. The van der Waals surface area contributed by atoms with Crippen molar-refractivity contribution in [1.82, 2.24) is 29.9 Å². The predicted octanol–water partition coefficient (Wildman–Crippen LogP) is 2.65. The van der Waals surface area contributed by atoms with Crippen molar-refractivity contribution in [2.45, 2.75) is 44.8 Å². The first kappa shape index (κ1) is 21.1. The third-order valence-electron chi connectivity index (χ3n) is 6.37. The van der Waals surface area contributed by atoms with Gasteiger partial charge in [-0.05, 0) is 45.3 Å². The fraction of sp³-hybridized carbons (Fsp3) is 0.522. The number of ether oxygens (including phenoxy) is 2. The van der Waals surface area contributed by atoms with Gasteiger partial charge in [-0.1, -0.05) is 0 Å². The maximum atomic E-state index is 15.2. The molecule has 0 radical (unpaired) electrons. The minimum absolute atomic E-state index is 0.266. The van der Waals surface area contributed by atoms with Crippen LogP contribution in [0.25, 0.3) is 16.9 Å². The zero-order valence-corrected chi connectivity index (χ0v) is 18.6. The summed E-state index contributed by atoms with van der Waals surface area (Å²) in [7, 11) is 1.62. The number of halogens is 1. The molecule has 3 aromatic rings. The smallest absolute Gasteiger partial charge is 0.216 e. The van der Waals surface area contributed by atoms with Crippen LogP contribution in [0.1, 0.15) is 29.7 Å². The van der Waals surface area contributed by atoms with E-state index in [-0.39, 0.29) is 6.54 Å². The normalized spacial score (nSPS) is 18.2. The van der Waals surface area contributed by atoms with Crippen LogP contribution in [0.2, 0.25) is 0 Å². The van der Waals surface area contributed by atoms with E-state index in [1.165, 1.54) is 0 Å². The van der Waals surface area contributed by atoms with Crippen LogP contribution in [-0.4, -0.2) is 63.6 Å². The van der Waals surface area contributed by atoms with Gasteiger partial charge < -0.3 is 14.8 Å². The number of hydrogen-bond donors (Lipinski definition) is 1. The van der Waals surface area contributed by atoms with Gasteiger partial charge in [0.25, 0.3) is 0 Å². The van der Waals surface area contributed by atoms with Gasteiger partial charge in [0.2, 0.25) is 5.88 Å². The number of fused-ring (bicyclic) bond motifs is 1. The minimum Gasteiger partial charge on any atom is -0.481 e. The molecule has 0 atom stereocenters. The second-order valence-electron chi connectivity index (χ2n) is 8.65. The lowest BCUT2D eigenvalue weighted by Gasteiger charge is -2.29. The van der Waals surface area contributed by atoms with E-state index in [0.717, 1.165) is 46.6 Å². The van der Waals surface area contributed by atoms with Gasteiger partial charge in [0.05, 0.1) is 56.3 Å². The molecule has 32 heavy (non-hydrogen) atoms. The molecule has 170 valence electrons. The third-order valence-corrected chi connectivity index (χ3v) is 6.37. The van der Waals surface area contributed by atoms with Crippen LogP contribution in [0.15, 0.2) is 24.7 Å². The summed E-state index contributed by atoms with van der Waals surface area (Å²) in [5.41, 5.74) is 4.68. The number of piperidine rings is 1. The first-order valence-electron chi connectivity index (χ1n) is 11.2. The Hall–Kier alpha value is -2.78. The number of pyridine rings is 1. The molecule has 0 saturated carbocycles. The van der Waals surface area contributed by atoms with Gasteiger partial charge in [0, 0.05) is 29.3 Å². The van der Waals surface area contributed by atoms with Crippen molar-refractivity contribution in [2.75, 3.05) is 33.4 Å². The van der Waals surface area contributed by atoms with E-state index in [1.807, 2.05) is 23.9 Å². The monoisotopic (exact) mass is 440 g/mol. The highest BCUT2D eigenvalue weighted by molar-refractivity contribution is 5.64. The maximum absolute atomic E-state index is 15.2. The lowest BCUT2D eigenvalue weighted by atomic mass is 9.94. The zero-order chi connectivity index (χ0) is 22.1. The minimum atomic E-state index is -1.22. The second-order valence-corrected chi connectivity index (χ2v) is 8.65. The van der Waals surface area contributed by atoms with Crippen molar-refractivity contribution < 1.29 is 13.9 Å². The van der Waals surface area contributed by atoms with Gasteiger partial charge in [-0.25, -0.2) is 14.1 Å². The summed E-state index contributed by atoms with van der Waals surface area (Å²) < 4.78 is 29.9. The molecular weight excluding hydrogens is 411 g/mol. The molecule has 9 heteroatoms. The molecule has 2 aliphatic rings. The lowest BCUT2D eigenvalue weighted by molar-refractivity contribution is 0.0895. The van der Waals surface area contributed by atoms with Gasteiger partial charge in [0.1, 0.15) is 5.67 Å². The molecule has 1 saturated heterocycles. The van der Waals surface area contributed by atoms with Crippen molar-refractivity contribution in [3.05, 3.63) is 41.5 Å². The molecule has 0 bridgehead atoms. The van der Waals surface area contributed by atoms with Crippen LogP contribution >= 0.6 is 0 Å². The molecule has 0 aromatic carbocycles. The summed E-state index contributed by atoms with van der Waals surface area (Å²) in [6.45, 7) is 4.95. The summed E-state index contributed by atoms with van der Waals surface area (Å²) in [5, 5.41) is 12.7. The fourth-order valence-corrected chi connectivity index (χ4v) is 4.67. The number of nitrogens with zero attached hydrogens (tertiary/aromatic N) is 5. The number of rotatable bonds is 5. The Labute approximate surface area is 186 Å².